The first-order chi connectivity index (χ1) is 12.4. The van der Waals surface area contributed by atoms with Crippen molar-refractivity contribution in [2.45, 2.75) is 45.3 Å². The van der Waals surface area contributed by atoms with Gasteiger partial charge in [0.05, 0.1) is 6.10 Å². The van der Waals surface area contributed by atoms with E-state index in [0.29, 0.717) is 12.3 Å². The van der Waals surface area contributed by atoms with Crippen molar-refractivity contribution in [2.24, 2.45) is 0 Å². The smallest absolute Gasteiger partial charge is 0.735 e. The van der Waals surface area contributed by atoms with Crippen LogP contribution >= 0.6 is 0 Å². The van der Waals surface area contributed by atoms with Crippen molar-refractivity contribution >= 4 is 10.3 Å². The Morgan fingerprint density at radius 3 is 2.14 bits per heavy atom. The van der Waals surface area contributed by atoms with E-state index in [9.17, 15) is 23.2 Å². The van der Waals surface area contributed by atoms with Crippen molar-refractivity contribution in [3.63, 3.8) is 0 Å². The predicted octanol–water partition coefficient (Wildman–Crippen LogP) is -2.54. The van der Waals surface area contributed by atoms with Gasteiger partial charge in [0.25, 0.3) is 0 Å². The van der Waals surface area contributed by atoms with Crippen LogP contribution in [-0.4, -0.2) is 73.1 Å². The Labute approximate surface area is 211 Å². The van der Waals surface area contributed by atoms with Gasteiger partial charge in [0.15, 0.2) is 10.3 Å². The van der Waals surface area contributed by atoms with Crippen LogP contribution in [0.25, 0.3) is 0 Å². The molecule has 1 aromatic rings. The van der Waals surface area contributed by atoms with Crippen molar-refractivity contribution in [3.05, 3.63) is 29.8 Å². The van der Waals surface area contributed by atoms with Gasteiger partial charge in [0.1, 0.15) is 18.5 Å². The van der Waals surface area contributed by atoms with Crippen molar-refractivity contribution in [3.8, 4) is 5.75 Å². The third-order valence-corrected chi connectivity index (χ3v) is 4.56. The van der Waals surface area contributed by atoms with E-state index >= 15 is 0 Å². The first-order valence-corrected chi connectivity index (χ1v) is 10.3. The number of hydrogen-bond donors (Lipinski definition) is 3. The fraction of sp³-hybridized carbons (Fsp3) is 0.667. The van der Waals surface area contributed by atoms with Gasteiger partial charge in [-0.3, -0.25) is 4.90 Å². The zero-order chi connectivity index (χ0) is 20.7. The van der Waals surface area contributed by atoms with Crippen LogP contribution in [0.4, 0.5) is 0 Å². The van der Waals surface area contributed by atoms with E-state index in [4.69, 9.17) is 4.74 Å². The van der Waals surface area contributed by atoms with Gasteiger partial charge >= 0.3 is 51.4 Å². The van der Waals surface area contributed by atoms with E-state index in [0.717, 1.165) is 0 Å². The molecule has 0 aliphatic heterocycles. The zero-order valence-electron chi connectivity index (χ0n) is 17.4. The molecule has 1 rings (SSSR count). The van der Waals surface area contributed by atoms with Crippen molar-refractivity contribution < 1.29 is 79.3 Å². The maximum atomic E-state index is 10.5. The maximum Gasteiger partial charge on any atom is 1.00 e. The summed E-state index contributed by atoms with van der Waals surface area (Å²) >= 11 is 0. The number of hydrogen-bond acceptors (Lipinski definition) is 7. The molecule has 0 radical (unpaired) electrons. The molecular weight excluding hydrogens is 411 g/mol. The van der Waals surface area contributed by atoms with Crippen molar-refractivity contribution in [1.82, 2.24) is 9.62 Å². The van der Waals surface area contributed by atoms with Gasteiger partial charge in [-0.1, -0.05) is 39.8 Å². The van der Waals surface area contributed by atoms with E-state index in [1.165, 1.54) is 5.56 Å². The number of ether oxygens (including phenoxy) is 1. The first-order valence-electron chi connectivity index (χ1n) is 8.93. The SMILES string of the molecule is CCN(CC(O)CNS(=O)(=O)[O-])CC(O)COc1ccc(C(C)(C)C)cc1.[K+]. The van der Waals surface area contributed by atoms with E-state index in [-0.39, 0.29) is 83.0 Å². The summed E-state index contributed by atoms with van der Waals surface area (Å²) in [6.45, 7) is 8.87. The van der Waals surface area contributed by atoms with E-state index < -0.39 is 22.5 Å². The Morgan fingerprint density at radius 1 is 1.14 bits per heavy atom. The molecule has 0 saturated heterocycles. The summed E-state index contributed by atoms with van der Waals surface area (Å²) in [6, 6.07) is 7.72. The zero-order valence-corrected chi connectivity index (χ0v) is 21.3. The molecule has 0 bridgehead atoms. The minimum absolute atomic E-state index is 0. The molecule has 10 heteroatoms. The molecule has 0 aliphatic carbocycles. The molecule has 2 unspecified atom stereocenters. The number of aliphatic hydroxyl groups excluding tert-OH is 2. The van der Waals surface area contributed by atoms with Crippen LogP contribution in [-0.2, 0) is 15.7 Å². The van der Waals surface area contributed by atoms with Crippen molar-refractivity contribution in [2.75, 3.05) is 32.8 Å². The number of benzene rings is 1. The topological polar surface area (TPSA) is 122 Å². The minimum Gasteiger partial charge on any atom is -0.735 e. The predicted molar refractivity (Wildman–Crippen MR) is 102 cm³/mol. The quantitative estimate of drug-likeness (QED) is 0.255. The number of nitrogens with one attached hydrogen (secondary N) is 1. The van der Waals surface area contributed by atoms with Gasteiger partial charge < -0.3 is 19.5 Å². The minimum atomic E-state index is -4.58. The molecule has 0 spiro atoms. The summed E-state index contributed by atoms with van der Waals surface area (Å²) in [5, 5.41) is 20.0. The third-order valence-electron chi connectivity index (χ3n) is 4.04. The molecule has 156 valence electrons. The molecule has 0 aromatic heterocycles. The van der Waals surface area contributed by atoms with E-state index in [1.807, 2.05) is 31.2 Å². The van der Waals surface area contributed by atoms with Gasteiger partial charge in [-0.2, -0.15) is 0 Å². The Morgan fingerprint density at radius 2 is 1.68 bits per heavy atom. The second-order valence-electron chi connectivity index (χ2n) is 7.55. The van der Waals surface area contributed by atoms with Crippen LogP contribution in [0.3, 0.4) is 0 Å². The van der Waals surface area contributed by atoms with Crippen molar-refractivity contribution in [1.29, 1.82) is 0 Å². The summed E-state index contributed by atoms with van der Waals surface area (Å²) in [6.07, 6.45) is -1.83. The van der Waals surface area contributed by atoms with E-state index in [1.54, 1.807) is 9.62 Å². The molecule has 8 nitrogen and oxygen atoms in total. The van der Waals surface area contributed by atoms with Gasteiger partial charge in [-0.25, -0.2) is 13.1 Å². The number of nitrogens with zero attached hydrogens (tertiary/aromatic N) is 1. The monoisotopic (exact) mass is 442 g/mol. The molecule has 0 fully saturated rings. The molecule has 1 aromatic carbocycles. The van der Waals surface area contributed by atoms with Gasteiger partial charge in [0.2, 0.25) is 0 Å². The second kappa shape index (κ2) is 13.0. The fourth-order valence-corrected chi connectivity index (χ4v) is 2.88. The Hall–Kier alpha value is 0.406. The molecule has 0 saturated carbocycles. The Balaban J connectivity index is 0.00000729. The van der Waals surface area contributed by atoms with E-state index in [2.05, 4.69) is 20.8 Å². The summed E-state index contributed by atoms with van der Waals surface area (Å²) in [7, 11) is -4.58. The van der Waals surface area contributed by atoms with Gasteiger partial charge in [0, 0.05) is 19.6 Å². The fourth-order valence-electron chi connectivity index (χ4n) is 2.49. The summed E-state index contributed by atoms with van der Waals surface area (Å²) in [5.41, 5.74) is 1.25. The van der Waals surface area contributed by atoms with Crippen LogP contribution in [0.5, 0.6) is 5.75 Å². The average molecular weight is 443 g/mol. The Kier molecular flexibility index (Phi) is 13.1. The molecule has 3 N–H and O–H groups in total. The second-order valence-corrected chi connectivity index (χ2v) is 8.74. The normalized spacial score (nSPS) is 14.4. The molecule has 0 heterocycles. The average Bonchev–Trinajstić information content (AvgIpc) is 2.56. The molecule has 0 aliphatic rings. The largest absolute Gasteiger partial charge is 1.00 e. The summed E-state index contributed by atoms with van der Waals surface area (Å²) < 4.78 is 38.9. The number of likely N-dealkylation sites (N-methyl/N-ethyl adjacent to an activating group) is 1. The van der Waals surface area contributed by atoms with Gasteiger partial charge in [-0.05, 0) is 29.7 Å². The molecule has 0 amide bonds. The first kappa shape index (κ1) is 28.4. The maximum absolute atomic E-state index is 10.5. The van der Waals surface area contributed by atoms with Crippen LogP contribution < -0.4 is 60.8 Å². The number of aliphatic hydroxyl groups is 2. The number of rotatable bonds is 11. The van der Waals surface area contributed by atoms with Crippen LogP contribution in [0.2, 0.25) is 0 Å². The Bertz CT molecular complexity index is 664. The standard InChI is InChI=1S/C18H32N2O6S.K/c1-5-20(11-15(21)10-19-27(23,24)25)12-16(22)13-26-17-8-6-14(7-9-17)18(2,3)4;/h6-9,15-16,19,21-22H,5,10-13H2,1-4H3,(H,23,24,25);/q;+1/p-1. The molecule has 28 heavy (non-hydrogen) atoms. The summed E-state index contributed by atoms with van der Waals surface area (Å²) in [4.78, 5) is 1.75. The molecular formula is C18H31KN2O6S. The van der Waals surface area contributed by atoms with Crippen LogP contribution in [0, 0.1) is 0 Å². The van der Waals surface area contributed by atoms with Gasteiger partial charge in [-0.15, -0.1) is 0 Å². The summed E-state index contributed by atoms with van der Waals surface area (Å²) in [5.74, 6) is 0.662. The van der Waals surface area contributed by atoms with Crippen LogP contribution in [0.1, 0.15) is 33.3 Å². The van der Waals surface area contributed by atoms with Crippen LogP contribution in [0.15, 0.2) is 24.3 Å². The molecule has 2 atom stereocenters. The third kappa shape index (κ3) is 12.2.